The molecular weight excluding hydrogens is 212 g/mol. The maximum atomic E-state index is 5.38. The zero-order chi connectivity index (χ0) is 12.1. The third-order valence-electron chi connectivity index (χ3n) is 3.44. The average molecular weight is 234 g/mol. The van der Waals surface area contributed by atoms with E-state index in [1.54, 1.807) is 7.11 Å². The lowest BCUT2D eigenvalue weighted by Gasteiger charge is -2.19. The molecule has 1 aliphatic rings. The van der Waals surface area contributed by atoms with Crippen molar-refractivity contribution in [2.75, 3.05) is 20.2 Å². The summed E-state index contributed by atoms with van der Waals surface area (Å²) in [6.07, 6.45) is 2.58. The molecule has 3 nitrogen and oxygen atoms in total. The van der Waals surface area contributed by atoms with E-state index in [0.717, 1.165) is 18.8 Å². The van der Waals surface area contributed by atoms with Crippen LogP contribution < -0.4 is 15.4 Å². The SMILES string of the molecule is COc1ccccc1C(C)NCC1CCCN1. The third-order valence-corrected chi connectivity index (χ3v) is 3.44. The zero-order valence-corrected chi connectivity index (χ0v) is 10.7. The van der Waals surface area contributed by atoms with Crippen LogP contribution in [0.5, 0.6) is 5.75 Å². The van der Waals surface area contributed by atoms with Crippen molar-refractivity contribution in [2.45, 2.75) is 31.8 Å². The van der Waals surface area contributed by atoms with Crippen LogP contribution in [0, 0.1) is 0 Å². The van der Waals surface area contributed by atoms with Gasteiger partial charge in [-0.05, 0) is 32.4 Å². The molecule has 0 saturated carbocycles. The van der Waals surface area contributed by atoms with Crippen molar-refractivity contribution in [3.05, 3.63) is 29.8 Å². The first-order valence-corrected chi connectivity index (χ1v) is 6.41. The molecule has 0 aromatic heterocycles. The molecule has 1 heterocycles. The first kappa shape index (κ1) is 12.4. The molecule has 3 heteroatoms. The topological polar surface area (TPSA) is 33.3 Å². The van der Waals surface area contributed by atoms with Crippen molar-refractivity contribution in [3.63, 3.8) is 0 Å². The van der Waals surface area contributed by atoms with Gasteiger partial charge in [-0.2, -0.15) is 0 Å². The van der Waals surface area contributed by atoms with Gasteiger partial charge in [0.15, 0.2) is 0 Å². The van der Waals surface area contributed by atoms with Crippen LogP contribution >= 0.6 is 0 Å². The van der Waals surface area contributed by atoms with Gasteiger partial charge in [0, 0.05) is 24.2 Å². The molecule has 2 atom stereocenters. The summed E-state index contributed by atoms with van der Waals surface area (Å²) in [5, 5.41) is 7.07. The summed E-state index contributed by atoms with van der Waals surface area (Å²) in [5.41, 5.74) is 1.23. The van der Waals surface area contributed by atoms with E-state index < -0.39 is 0 Å². The van der Waals surface area contributed by atoms with Crippen molar-refractivity contribution in [3.8, 4) is 5.75 Å². The molecule has 1 saturated heterocycles. The highest BCUT2D eigenvalue weighted by atomic mass is 16.5. The number of methoxy groups -OCH3 is 1. The molecule has 1 aromatic rings. The molecule has 0 radical (unpaired) electrons. The van der Waals surface area contributed by atoms with Gasteiger partial charge in [0.05, 0.1) is 7.11 Å². The minimum absolute atomic E-state index is 0.327. The van der Waals surface area contributed by atoms with Gasteiger partial charge in [0.25, 0.3) is 0 Å². The van der Waals surface area contributed by atoms with E-state index in [0.29, 0.717) is 12.1 Å². The van der Waals surface area contributed by atoms with Crippen molar-refractivity contribution in [2.24, 2.45) is 0 Å². The van der Waals surface area contributed by atoms with Crippen LogP contribution in [0.25, 0.3) is 0 Å². The Balaban J connectivity index is 1.91. The van der Waals surface area contributed by atoms with Crippen molar-refractivity contribution in [1.29, 1.82) is 0 Å². The number of ether oxygens (including phenoxy) is 1. The molecule has 0 amide bonds. The fraction of sp³-hybridized carbons (Fsp3) is 0.571. The predicted octanol–water partition coefficient (Wildman–Crippen LogP) is 2.10. The highest BCUT2D eigenvalue weighted by Crippen LogP contribution is 2.24. The first-order chi connectivity index (χ1) is 8.31. The van der Waals surface area contributed by atoms with Crippen LogP contribution in [0.2, 0.25) is 0 Å². The smallest absolute Gasteiger partial charge is 0.123 e. The van der Waals surface area contributed by atoms with Gasteiger partial charge in [-0.3, -0.25) is 0 Å². The van der Waals surface area contributed by atoms with Crippen molar-refractivity contribution < 1.29 is 4.74 Å². The molecule has 94 valence electrons. The lowest BCUT2D eigenvalue weighted by Crippen LogP contribution is -2.35. The quantitative estimate of drug-likeness (QED) is 0.818. The molecule has 1 aromatic carbocycles. The Labute approximate surface area is 104 Å². The van der Waals surface area contributed by atoms with Crippen molar-refractivity contribution in [1.82, 2.24) is 10.6 Å². The Hall–Kier alpha value is -1.06. The highest BCUT2D eigenvalue weighted by molar-refractivity contribution is 5.35. The van der Waals surface area contributed by atoms with Gasteiger partial charge in [-0.1, -0.05) is 18.2 Å². The molecule has 2 rings (SSSR count). The fourth-order valence-corrected chi connectivity index (χ4v) is 2.38. The zero-order valence-electron chi connectivity index (χ0n) is 10.7. The molecule has 0 bridgehead atoms. The maximum Gasteiger partial charge on any atom is 0.123 e. The minimum atomic E-state index is 0.327. The summed E-state index contributed by atoms with van der Waals surface area (Å²) >= 11 is 0. The van der Waals surface area contributed by atoms with E-state index in [2.05, 4.69) is 29.7 Å². The fourth-order valence-electron chi connectivity index (χ4n) is 2.38. The molecular formula is C14H22N2O. The average Bonchev–Trinajstić information content (AvgIpc) is 2.89. The lowest BCUT2D eigenvalue weighted by molar-refractivity contribution is 0.399. The third kappa shape index (κ3) is 3.20. The summed E-state index contributed by atoms with van der Waals surface area (Å²) in [7, 11) is 1.73. The molecule has 2 unspecified atom stereocenters. The van der Waals surface area contributed by atoms with E-state index in [1.165, 1.54) is 18.4 Å². The summed E-state index contributed by atoms with van der Waals surface area (Å²) in [6.45, 7) is 4.38. The lowest BCUT2D eigenvalue weighted by atomic mass is 10.1. The van der Waals surface area contributed by atoms with Crippen molar-refractivity contribution >= 4 is 0 Å². The Bertz CT molecular complexity index is 348. The van der Waals surface area contributed by atoms with Gasteiger partial charge < -0.3 is 15.4 Å². The predicted molar refractivity (Wildman–Crippen MR) is 70.4 cm³/mol. The van der Waals surface area contributed by atoms with E-state index in [1.807, 2.05) is 12.1 Å². The maximum absolute atomic E-state index is 5.38. The summed E-state index contributed by atoms with van der Waals surface area (Å²) in [4.78, 5) is 0. The van der Waals surface area contributed by atoms with E-state index in [4.69, 9.17) is 4.74 Å². The number of hydrogen-bond donors (Lipinski definition) is 2. The highest BCUT2D eigenvalue weighted by Gasteiger charge is 2.16. The van der Waals surface area contributed by atoms with Crippen LogP contribution in [0.3, 0.4) is 0 Å². The van der Waals surface area contributed by atoms with E-state index >= 15 is 0 Å². The minimum Gasteiger partial charge on any atom is -0.496 e. The first-order valence-electron chi connectivity index (χ1n) is 6.41. The molecule has 17 heavy (non-hydrogen) atoms. The van der Waals surface area contributed by atoms with Crippen LogP contribution in [-0.4, -0.2) is 26.2 Å². The van der Waals surface area contributed by atoms with Gasteiger partial charge in [0.2, 0.25) is 0 Å². The van der Waals surface area contributed by atoms with Gasteiger partial charge >= 0.3 is 0 Å². The molecule has 1 fully saturated rings. The standard InChI is InChI=1S/C14H22N2O/c1-11(16-10-12-6-5-9-15-12)13-7-3-4-8-14(13)17-2/h3-4,7-8,11-12,15-16H,5-6,9-10H2,1-2H3. The normalized spacial score (nSPS) is 21.4. The number of rotatable bonds is 5. The number of para-hydroxylation sites is 1. The number of benzene rings is 1. The second-order valence-corrected chi connectivity index (χ2v) is 4.67. The monoisotopic (exact) mass is 234 g/mol. The Morgan fingerprint density at radius 2 is 2.29 bits per heavy atom. The molecule has 1 aliphatic heterocycles. The largest absolute Gasteiger partial charge is 0.496 e. The van der Waals surface area contributed by atoms with Crippen LogP contribution in [0.4, 0.5) is 0 Å². The number of nitrogens with one attached hydrogen (secondary N) is 2. The summed E-state index contributed by atoms with van der Waals surface area (Å²) < 4.78 is 5.38. The second kappa shape index (κ2) is 6.03. The Morgan fingerprint density at radius 3 is 3.00 bits per heavy atom. The van der Waals surface area contributed by atoms with Gasteiger partial charge in [-0.15, -0.1) is 0 Å². The molecule has 2 N–H and O–H groups in total. The summed E-state index contributed by atoms with van der Waals surface area (Å²) in [6, 6.07) is 9.16. The molecule has 0 spiro atoms. The van der Waals surface area contributed by atoms with Gasteiger partial charge in [-0.25, -0.2) is 0 Å². The Morgan fingerprint density at radius 1 is 1.47 bits per heavy atom. The van der Waals surface area contributed by atoms with Crippen LogP contribution in [0.1, 0.15) is 31.4 Å². The number of hydrogen-bond acceptors (Lipinski definition) is 3. The van der Waals surface area contributed by atoms with E-state index in [9.17, 15) is 0 Å². The summed E-state index contributed by atoms with van der Waals surface area (Å²) in [5.74, 6) is 0.965. The van der Waals surface area contributed by atoms with Gasteiger partial charge in [0.1, 0.15) is 5.75 Å². The molecule has 0 aliphatic carbocycles. The second-order valence-electron chi connectivity index (χ2n) is 4.67. The van der Waals surface area contributed by atoms with Crippen LogP contribution in [-0.2, 0) is 0 Å². The Kier molecular flexibility index (Phi) is 4.40. The van der Waals surface area contributed by atoms with Crippen LogP contribution in [0.15, 0.2) is 24.3 Å². The van der Waals surface area contributed by atoms with E-state index in [-0.39, 0.29) is 0 Å².